The van der Waals surface area contributed by atoms with E-state index in [0.29, 0.717) is 7.25 Å². The predicted molar refractivity (Wildman–Crippen MR) is 96.3 cm³/mol. The van der Waals surface area contributed by atoms with Gasteiger partial charge in [-0.1, -0.05) is 0 Å². The van der Waals surface area contributed by atoms with Gasteiger partial charge in [0.1, 0.15) is 0 Å². The first-order valence-electron chi connectivity index (χ1n) is 7.16. The van der Waals surface area contributed by atoms with E-state index in [-0.39, 0.29) is 24.8 Å². The summed E-state index contributed by atoms with van der Waals surface area (Å²) in [4.78, 5) is 2.72. The zero-order chi connectivity index (χ0) is 14.8. The maximum atomic E-state index is 3.87. The molecule has 120 valence electrons. The zero-order valence-corrected chi connectivity index (χ0v) is 20.2. The third-order valence-electron chi connectivity index (χ3n) is 4.47. The summed E-state index contributed by atoms with van der Waals surface area (Å²) in [6, 6.07) is 13.8. The Balaban J connectivity index is 0.000000845. The molecule has 6 heteroatoms. The summed E-state index contributed by atoms with van der Waals surface area (Å²) in [5, 5.41) is 0. The van der Waals surface area contributed by atoms with Crippen molar-refractivity contribution in [1.82, 2.24) is 0 Å². The van der Waals surface area contributed by atoms with Crippen molar-refractivity contribution in [3.8, 4) is 0 Å². The van der Waals surface area contributed by atoms with E-state index in [4.69, 9.17) is 0 Å². The van der Waals surface area contributed by atoms with Crippen LogP contribution in [0.3, 0.4) is 0 Å². The fourth-order valence-electron chi connectivity index (χ4n) is 3.44. The molecule has 24 heavy (non-hydrogen) atoms. The summed E-state index contributed by atoms with van der Waals surface area (Å²) in [5.74, 6) is 0. The third-order valence-corrected chi connectivity index (χ3v) is 13.7. The van der Waals surface area contributed by atoms with Crippen molar-refractivity contribution in [3.05, 3.63) is 67.6 Å². The standard InChI is InChI=1S/C18H10Br2S.2ClH.Zr/c19-14-6-11-4-5-16(9-13(11)8-14)21-18-3-1-2-12-7-15(20)10-17(12)18;;;/h1-10H;2*1H;/q;;;+2/p-2. The number of fused-ring (bicyclic) bond motifs is 1. The van der Waals surface area contributed by atoms with Crippen LogP contribution in [0.15, 0.2) is 55.2 Å². The van der Waals surface area contributed by atoms with Crippen LogP contribution in [0, 0.1) is 0 Å². The Morgan fingerprint density at radius 3 is 2.46 bits per heavy atom. The Morgan fingerprint density at radius 2 is 1.62 bits per heavy atom. The van der Waals surface area contributed by atoms with Crippen molar-refractivity contribution in [2.75, 3.05) is 0 Å². The number of benzene rings is 2. The monoisotopic (exact) mass is 576 g/mol. The van der Waals surface area contributed by atoms with Crippen molar-refractivity contribution < 1.29 is 48.0 Å². The van der Waals surface area contributed by atoms with Gasteiger partial charge in [-0.3, -0.25) is 0 Å². The van der Waals surface area contributed by atoms with Crippen LogP contribution in [0.4, 0.5) is 0 Å². The Hall–Kier alpha value is 0.693. The smallest absolute Gasteiger partial charge is 1.00 e. The molecular formula is C18H10Br2Cl2SZr. The van der Waals surface area contributed by atoms with Crippen LogP contribution in [-0.2, 0) is 23.2 Å². The van der Waals surface area contributed by atoms with Gasteiger partial charge in [0, 0.05) is 0 Å². The number of hydrogen-bond acceptors (Lipinski definition) is 1. The molecule has 4 aliphatic rings. The second-order valence-electron chi connectivity index (χ2n) is 5.74. The fraction of sp³-hybridized carbons (Fsp3) is 0.111. The van der Waals surface area contributed by atoms with Gasteiger partial charge in [-0.2, -0.15) is 0 Å². The van der Waals surface area contributed by atoms with Gasteiger partial charge in [0.15, 0.2) is 0 Å². The molecule has 0 N–H and O–H groups in total. The summed E-state index contributed by atoms with van der Waals surface area (Å²) >= 11 is 8.90. The Morgan fingerprint density at radius 1 is 0.875 bits per heavy atom. The van der Waals surface area contributed by atoms with Gasteiger partial charge >= 0.3 is 164 Å². The molecule has 0 fully saturated rings. The van der Waals surface area contributed by atoms with Crippen molar-refractivity contribution in [2.45, 2.75) is 17.0 Å². The van der Waals surface area contributed by atoms with Crippen LogP contribution < -0.4 is 24.8 Å². The van der Waals surface area contributed by atoms with Gasteiger partial charge in [-0.15, -0.1) is 0 Å². The van der Waals surface area contributed by atoms with E-state index in [9.17, 15) is 0 Å². The van der Waals surface area contributed by atoms with E-state index < -0.39 is 23.2 Å². The molecule has 2 atom stereocenters. The molecule has 6 rings (SSSR count). The molecule has 0 amide bonds. The van der Waals surface area contributed by atoms with Gasteiger partial charge in [0.2, 0.25) is 0 Å². The Labute approximate surface area is 186 Å². The minimum Gasteiger partial charge on any atom is -1.00 e. The molecule has 2 heterocycles. The largest absolute Gasteiger partial charge is 1.00 e. The molecule has 2 unspecified atom stereocenters. The molecule has 0 spiro atoms. The number of halogens is 4. The number of rotatable bonds is 0. The van der Waals surface area contributed by atoms with E-state index >= 15 is 0 Å². The van der Waals surface area contributed by atoms with Gasteiger partial charge in [0.05, 0.1) is 0 Å². The minimum atomic E-state index is -0.715. The molecule has 2 aliphatic carbocycles. The van der Waals surface area contributed by atoms with E-state index in [0.717, 1.165) is 0 Å². The van der Waals surface area contributed by atoms with Crippen molar-refractivity contribution in [1.29, 1.82) is 0 Å². The quantitative estimate of drug-likeness (QED) is 0.439. The SMILES string of the molecule is BrC1=Cc2cc3ccc2[CH]1[Zr+2][CH]1C(Br)=Cc2c(cccc21)S3.[Cl-].[Cl-]. The Bertz CT molecular complexity index is 895. The number of allylic oxidation sites excluding steroid dienone is 2. The second-order valence-corrected chi connectivity index (χ2v) is 12.3. The van der Waals surface area contributed by atoms with Crippen LogP contribution >= 0.6 is 43.6 Å². The summed E-state index contributed by atoms with van der Waals surface area (Å²) in [7, 11) is 0. The topological polar surface area (TPSA) is 0 Å². The molecule has 2 aliphatic heterocycles. The molecule has 0 saturated carbocycles. The first kappa shape index (κ1) is 19.5. The molecule has 0 aromatic heterocycles. The van der Waals surface area contributed by atoms with Gasteiger partial charge < -0.3 is 24.8 Å². The van der Waals surface area contributed by atoms with Gasteiger partial charge in [-0.05, 0) is 0 Å². The summed E-state index contributed by atoms with van der Waals surface area (Å²) < 4.78 is 4.05. The average molecular weight is 580 g/mol. The van der Waals surface area contributed by atoms with Crippen LogP contribution in [-0.4, -0.2) is 0 Å². The normalized spacial score (nSPS) is 21.4. The first-order chi connectivity index (χ1) is 10.7. The van der Waals surface area contributed by atoms with Crippen LogP contribution in [0.1, 0.15) is 29.5 Å². The average Bonchev–Trinajstić information content (AvgIpc) is 2.97. The van der Waals surface area contributed by atoms with Crippen LogP contribution in [0.25, 0.3) is 12.2 Å². The van der Waals surface area contributed by atoms with E-state index in [1.807, 2.05) is 11.8 Å². The zero-order valence-electron chi connectivity index (χ0n) is 12.2. The predicted octanol–water partition coefficient (Wildman–Crippen LogP) is 0.523. The summed E-state index contributed by atoms with van der Waals surface area (Å²) in [6.07, 6.45) is 4.71. The summed E-state index contributed by atoms with van der Waals surface area (Å²) in [6.45, 7) is 0. The Kier molecular flexibility index (Phi) is 5.97. The van der Waals surface area contributed by atoms with Crippen molar-refractivity contribution in [3.63, 3.8) is 0 Å². The van der Waals surface area contributed by atoms with Crippen LogP contribution in [0.5, 0.6) is 0 Å². The van der Waals surface area contributed by atoms with Crippen molar-refractivity contribution in [2.24, 2.45) is 0 Å². The molecule has 0 radical (unpaired) electrons. The molecule has 2 aromatic carbocycles. The van der Waals surface area contributed by atoms with Gasteiger partial charge in [-0.25, -0.2) is 0 Å². The maximum Gasteiger partial charge on any atom is -1.00 e. The maximum absolute atomic E-state index is 3.87. The molecular weight excluding hydrogens is 570 g/mol. The van der Waals surface area contributed by atoms with Crippen molar-refractivity contribution >= 4 is 55.8 Å². The molecule has 2 aromatic rings. The summed E-state index contributed by atoms with van der Waals surface area (Å²) in [5.41, 5.74) is 5.93. The molecule has 0 nitrogen and oxygen atoms in total. The van der Waals surface area contributed by atoms with E-state index in [1.165, 1.54) is 35.4 Å². The molecule has 8 bridgehead atoms. The van der Waals surface area contributed by atoms with E-state index in [2.05, 4.69) is 80.4 Å². The molecule has 0 saturated heterocycles. The minimum absolute atomic E-state index is 0. The van der Waals surface area contributed by atoms with Crippen LogP contribution in [0.2, 0.25) is 0 Å². The second kappa shape index (κ2) is 7.37. The third kappa shape index (κ3) is 3.00. The number of hydrogen-bond donors (Lipinski definition) is 0. The first-order valence-corrected chi connectivity index (χ1v) is 12.4. The van der Waals surface area contributed by atoms with Gasteiger partial charge in [0.25, 0.3) is 0 Å². The fourth-order valence-corrected chi connectivity index (χ4v) is 11.1. The van der Waals surface area contributed by atoms with E-state index in [1.54, 1.807) is 5.56 Å².